The quantitative estimate of drug-likeness (QED) is 0.214. The molecule has 1 fully saturated rings. The zero-order chi connectivity index (χ0) is 24.6. The Hall–Kier alpha value is -4.14. The second-order valence-electron chi connectivity index (χ2n) is 8.65. The first-order valence-electron chi connectivity index (χ1n) is 10.9. The van der Waals surface area contributed by atoms with Gasteiger partial charge in [-0.05, 0) is 32.8 Å². The van der Waals surface area contributed by atoms with Crippen LogP contribution in [0.15, 0.2) is 60.2 Å². The standard InChI is InChI=1S/C25H23N3O6/c1-15-6-9-17(10-7-15)22(29)14-26(23(30)18-4-3-5-19(13-18)28(33)34)27-24(31)20-11-8-16(2)12-21(20)25(27)32/h3-10,13,20-21H,11-12,14H2,1-2H3/t20-,21-/m1/s1. The maximum atomic E-state index is 13.5. The predicted molar refractivity (Wildman–Crippen MR) is 121 cm³/mol. The summed E-state index contributed by atoms with van der Waals surface area (Å²) in [7, 11) is 0. The molecule has 0 radical (unpaired) electrons. The molecule has 0 saturated carbocycles. The number of imide groups is 1. The number of ketones is 1. The van der Waals surface area contributed by atoms with E-state index >= 15 is 0 Å². The van der Waals surface area contributed by atoms with Crippen LogP contribution in [0.1, 0.15) is 46.0 Å². The number of hydrogen-bond acceptors (Lipinski definition) is 6. The molecule has 0 spiro atoms. The lowest BCUT2D eigenvalue weighted by molar-refractivity contribution is -0.384. The van der Waals surface area contributed by atoms with Crippen LogP contribution in [0.5, 0.6) is 0 Å². The molecule has 34 heavy (non-hydrogen) atoms. The van der Waals surface area contributed by atoms with Crippen molar-refractivity contribution in [1.82, 2.24) is 10.0 Å². The first-order chi connectivity index (χ1) is 16.2. The zero-order valence-corrected chi connectivity index (χ0v) is 18.8. The van der Waals surface area contributed by atoms with Gasteiger partial charge in [0.05, 0.1) is 16.8 Å². The Morgan fingerprint density at radius 3 is 2.38 bits per heavy atom. The van der Waals surface area contributed by atoms with Crippen LogP contribution in [0.25, 0.3) is 0 Å². The number of Topliss-reactive ketones (excluding diaryl/α,β-unsaturated/α-hetero) is 1. The van der Waals surface area contributed by atoms with Crippen LogP contribution in [0.2, 0.25) is 0 Å². The number of benzene rings is 2. The van der Waals surface area contributed by atoms with Gasteiger partial charge in [-0.25, -0.2) is 5.01 Å². The minimum atomic E-state index is -0.839. The third-order valence-corrected chi connectivity index (χ3v) is 6.25. The third-order valence-electron chi connectivity index (χ3n) is 6.25. The van der Waals surface area contributed by atoms with Gasteiger partial charge in [-0.3, -0.25) is 29.3 Å². The van der Waals surface area contributed by atoms with E-state index in [2.05, 4.69) is 0 Å². The normalized spacial score (nSPS) is 19.5. The van der Waals surface area contributed by atoms with E-state index in [0.717, 1.165) is 27.2 Å². The average Bonchev–Trinajstić information content (AvgIpc) is 3.06. The number of carbonyl (C=O) groups excluding carboxylic acids is 4. The number of amides is 3. The Balaban J connectivity index is 1.71. The molecule has 0 bridgehead atoms. The zero-order valence-electron chi connectivity index (χ0n) is 18.8. The fraction of sp³-hybridized carbons (Fsp3) is 0.280. The van der Waals surface area contributed by atoms with E-state index in [1.165, 1.54) is 18.2 Å². The molecule has 1 saturated heterocycles. The number of hydrogen-bond donors (Lipinski definition) is 0. The maximum Gasteiger partial charge on any atom is 0.273 e. The minimum Gasteiger partial charge on any atom is -0.292 e. The molecule has 1 aliphatic carbocycles. The van der Waals surface area contributed by atoms with Crippen LogP contribution in [0.4, 0.5) is 5.69 Å². The molecule has 9 heteroatoms. The summed E-state index contributed by atoms with van der Waals surface area (Å²) in [6.45, 7) is 3.18. The van der Waals surface area contributed by atoms with Gasteiger partial charge in [-0.15, -0.1) is 0 Å². The molecule has 0 aromatic heterocycles. The van der Waals surface area contributed by atoms with Crippen molar-refractivity contribution in [3.63, 3.8) is 0 Å². The van der Waals surface area contributed by atoms with E-state index in [9.17, 15) is 29.3 Å². The largest absolute Gasteiger partial charge is 0.292 e. The molecule has 2 aromatic carbocycles. The molecule has 2 aromatic rings. The van der Waals surface area contributed by atoms with Crippen molar-refractivity contribution in [2.45, 2.75) is 26.7 Å². The van der Waals surface area contributed by atoms with Gasteiger partial charge in [0.1, 0.15) is 6.54 Å². The molecule has 2 aliphatic rings. The van der Waals surface area contributed by atoms with Crippen LogP contribution < -0.4 is 0 Å². The highest BCUT2D eigenvalue weighted by Gasteiger charge is 2.51. The highest BCUT2D eigenvalue weighted by molar-refractivity contribution is 6.09. The molecule has 1 heterocycles. The molecule has 0 N–H and O–H groups in total. The third kappa shape index (κ3) is 4.24. The fourth-order valence-corrected chi connectivity index (χ4v) is 4.36. The fourth-order valence-electron chi connectivity index (χ4n) is 4.36. The predicted octanol–water partition coefficient (Wildman–Crippen LogP) is 3.48. The molecule has 3 amide bonds. The number of nitrogens with zero attached hydrogens (tertiary/aromatic N) is 3. The lowest BCUT2D eigenvalue weighted by Gasteiger charge is -2.30. The number of carbonyl (C=O) groups is 4. The van der Waals surface area contributed by atoms with Crippen molar-refractivity contribution in [3.8, 4) is 0 Å². The van der Waals surface area contributed by atoms with Crippen LogP contribution in [-0.4, -0.2) is 45.0 Å². The number of nitro groups is 1. The number of rotatable bonds is 6. The summed E-state index contributed by atoms with van der Waals surface area (Å²) in [5.41, 5.74) is 1.82. The van der Waals surface area contributed by atoms with Gasteiger partial charge in [-0.2, -0.15) is 5.01 Å². The number of non-ortho nitro benzene ring substituents is 1. The van der Waals surface area contributed by atoms with E-state index in [0.29, 0.717) is 18.4 Å². The van der Waals surface area contributed by atoms with E-state index < -0.39 is 46.8 Å². The monoisotopic (exact) mass is 461 g/mol. The van der Waals surface area contributed by atoms with E-state index in [-0.39, 0.29) is 11.3 Å². The first-order valence-corrected chi connectivity index (χ1v) is 10.9. The number of hydrazine groups is 1. The first kappa shape index (κ1) is 23.0. The smallest absolute Gasteiger partial charge is 0.273 e. The number of fused-ring (bicyclic) bond motifs is 1. The molecule has 1 aliphatic heterocycles. The highest BCUT2D eigenvalue weighted by atomic mass is 16.6. The number of allylic oxidation sites excluding steroid dienone is 2. The molecular formula is C25H23N3O6. The Bertz CT molecular complexity index is 1230. The van der Waals surface area contributed by atoms with Gasteiger partial charge < -0.3 is 0 Å². The summed E-state index contributed by atoms with van der Waals surface area (Å²) >= 11 is 0. The molecule has 4 rings (SSSR count). The average molecular weight is 461 g/mol. The summed E-state index contributed by atoms with van der Waals surface area (Å²) in [5, 5.41) is 12.8. The summed E-state index contributed by atoms with van der Waals surface area (Å²) < 4.78 is 0. The summed E-state index contributed by atoms with van der Waals surface area (Å²) in [6.07, 6.45) is 2.68. The molecule has 2 atom stereocenters. The van der Waals surface area contributed by atoms with Crippen LogP contribution in [-0.2, 0) is 9.59 Å². The SMILES string of the molecule is CC1=CC[C@H]2C(=O)N(N(CC(=O)c3ccc(C)cc3)C(=O)c3cccc([N+](=O)[O-])c3)C(=O)[C@@H]2C1. The van der Waals surface area contributed by atoms with E-state index in [1.807, 2.05) is 19.9 Å². The molecular weight excluding hydrogens is 438 g/mol. The van der Waals surface area contributed by atoms with Gasteiger partial charge in [0, 0.05) is 23.3 Å². The van der Waals surface area contributed by atoms with Crippen molar-refractivity contribution in [3.05, 3.63) is 87.0 Å². The van der Waals surface area contributed by atoms with Crippen LogP contribution in [0, 0.1) is 28.9 Å². The second-order valence-corrected chi connectivity index (χ2v) is 8.65. The van der Waals surface area contributed by atoms with Crippen LogP contribution in [0.3, 0.4) is 0 Å². The van der Waals surface area contributed by atoms with Crippen molar-refractivity contribution in [2.24, 2.45) is 11.8 Å². The van der Waals surface area contributed by atoms with Gasteiger partial charge in [0.2, 0.25) is 0 Å². The van der Waals surface area contributed by atoms with Gasteiger partial charge in [0.25, 0.3) is 23.4 Å². The Kier molecular flexibility index (Phi) is 6.10. The van der Waals surface area contributed by atoms with E-state index in [4.69, 9.17) is 0 Å². The molecule has 0 unspecified atom stereocenters. The highest BCUT2D eigenvalue weighted by Crippen LogP contribution is 2.38. The lowest BCUT2D eigenvalue weighted by Crippen LogP contribution is -2.52. The van der Waals surface area contributed by atoms with Gasteiger partial charge in [0.15, 0.2) is 5.78 Å². The van der Waals surface area contributed by atoms with Crippen LogP contribution >= 0.6 is 0 Å². The van der Waals surface area contributed by atoms with Crippen molar-refractivity contribution >= 4 is 29.2 Å². The van der Waals surface area contributed by atoms with E-state index in [1.54, 1.807) is 24.3 Å². The molecule has 174 valence electrons. The van der Waals surface area contributed by atoms with Gasteiger partial charge >= 0.3 is 0 Å². The lowest BCUT2D eigenvalue weighted by atomic mass is 9.82. The number of nitro benzene ring substituents is 1. The summed E-state index contributed by atoms with van der Waals surface area (Å²) in [6, 6.07) is 11.7. The Morgan fingerprint density at radius 2 is 1.71 bits per heavy atom. The Morgan fingerprint density at radius 1 is 1.03 bits per heavy atom. The van der Waals surface area contributed by atoms with Gasteiger partial charge in [-0.1, -0.05) is 47.5 Å². The minimum absolute atomic E-state index is 0.101. The topological polar surface area (TPSA) is 118 Å². The van der Waals surface area contributed by atoms with Crippen molar-refractivity contribution in [2.75, 3.05) is 6.54 Å². The molecule has 9 nitrogen and oxygen atoms in total. The summed E-state index contributed by atoms with van der Waals surface area (Å²) in [4.78, 5) is 63.6. The Labute approximate surface area is 195 Å². The second kappa shape index (κ2) is 9.01. The maximum absolute atomic E-state index is 13.5. The summed E-state index contributed by atoms with van der Waals surface area (Å²) in [5.74, 6) is -3.61. The number of aryl methyl sites for hydroxylation is 1. The van der Waals surface area contributed by atoms with Crippen molar-refractivity contribution < 1.29 is 24.1 Å². The van der Waals surface area contributed by atoms with Crippen molar-refractivity contribution in [1.29, 1.82) is 0 Å².